The highest BCUT2D eigenvalue weighted by Crippen LogP contribution is 2.44. The van der Waals surface area contributed by atoms with E-state index in [1.165, 1.54) is 12.8 Å². The van der Waals surface area contributed by atoms with Crippen molar-refractivity contribution in [3.8, 4) is 0 Å². The Bertz CT molecular complexity index is 404. The smallest absolute Gasteiger partial charge is 0.307 e. The van der Waals surface area contributed by atoms with Gasteiger partial charge in [0.1, 0.15) is 0 Å². The number of carbonyl (C=O) groups is 2. The van der Waals surface area contributed by atoms with E-state index in [9.17, 15) is 14.7 Å². The quantitative estimate of drug-likeness (QED) is 0.696. The second-order valence-corrected chi connectivity index (χ2v) is 7.31. The lowest BCUT2D eigenvalue weighted by Crippen LogP contribution is -2.52. The second-order valence-electron chi connectivity index (χ2n) is 7.31. The van der Waals surface area contributed by atoms with Crippen molar-refractivity contribution in [2.45, 2.75) is 52.5 Å². The third-order valence-corrected chi connectivity index (χ3v) is 5.55. The molecule has 0 saturated heterocycles. The predicted octanol–water partition coefficient (Wildman–Crippen LogP) is 1.63. The number of hydrogen-bond acceptors (Lipinski definition) is 3. The first kappa shape index (κ1) is 16.3. The van der Waals surface area contributed by atoms with E-state index < -0.39 is 5.97 Å². The fourth-order valence-corrected chi connectivity index (χ4v) is 3.39. The van der Waals surface area contributed by atoms with Crippen LogP contribution in [0.4, 0.5) is 0 Å². The van der Waals surface area contributed by atoms with Gasteiger partial charge in [-0.25, -0.2) is 0 Å². The molecule has 3 atom stereocenters. The van der Waals surface area contributed by atoms with Crippen molar-refractivity contribution < 1.29 is 14.7 Å². The molecular weight excluding hydrogens is 268 g/mol. The van der Waals surface area contributed by atoms with Gasteiger partial charge < -0.3 is 15.7 Å². The van der Waals surface area contributed by atoms with Gasteiger partial charge >= 0.3 is 5.97 Å². The molecule has 0 spiro atoms. The first-order valence-corrected chi connectivity index (χ1v) is 8.05. The van der Waals surface area contributed by atoms with E-state index in [1.807, 2.05) is 13.8 Å². The lowest BCUT2D eigenvalue weighted by molar-refractivity contribution is -0.150. The van der Waals surface area contributed by atoms with Crippen LogP contribution in [0.1, 0.15) is 46.5 Å². The van der Waals surface area contributed by atoms with E-state index in [-0.39, 0.29) is 29.2 Å². The molecule has 120 valence electrons. The summed E-state index contributed by atoms with van der Waals surface area (Å²) in [6.45, 7) is 7.27. The van der Waals surface area contributed by atoms with Crippen molar-refractivity contribution in [2.75, 3.05) is 13.1 Å². The molecule has 0 aromatic rings. The van der Waals surface area contributed by atoms with Crippen molar-refractivity contribution >= 4 is 11.9 Å². The Morgan fingerprint density at radius 2 is 1.86 bits per heavy atom. The summed E-state index contributed by atoms with van der Waals surface area (Å²) in [6, 6.07) is 0.210. The van der Waals surface area contributed by atoms with Crippen LogP contribution in [0.2, 0.25) is 0 Å². The molecule has 2 aliphatic rings. The Balaban J connectivity index is 1.80. The zero-order chi connectivity index (χ0) is 15.6. The monoisotopic (exact) mass is 296 g/mol. The fraction of sp³-hybridized carbons (Fsp3) is 0.875. The van der Waals surface area contributed by atoms with E-state index in [0.717, 1.165) is 13.0 Å². The normalized spacial score (nSPS) is 31.7. The van der Waals surface area contributed by atoms with Crippen molar-refractivity contribution in [1.82, 2.24) is 10.6 Å². The lowest BCUT2D eigenvalue weighted by atomic mass is 9.61. The molecule has 0 aromatic heterocycles. The zero-order valence-electron chi connectivity index (χ0n) is 13.3. The summed E-state index contributed by atoms with van der Waals surface area (Å²) in [7, 11) is 0. The first-order valence-electron chi connectivity index (χ1n) is 8.05. The van der Waals surface area contributed by atoms with Gasteiger partial charge in [-0.05, 0) is 42.9 Å². The van der Waals surface area contributed by atoms with E-state index >= 15 is 0 Å². The van der Waals surface area contributed by atoms with Crippen molar-refractivity contribution in [2.24, 2.45) is 23.2 Å². The first-order chi connectivity index (χ1) is 9.82. The van der Waals surface area contributed by atoms with Crippen LogP contribution in [0.25, 0.3) is 0 Å². The fourth-order valence-electron chi connectivity index (χ4n) is 3.39. The molecule has 0 aromatic carbocycles. The molecule has 5 heteroatoms. The Labute approximate surface area is 126 Å². The van der Waals surface area contributed by atoms with Crippen LogP contribution < -0.4 is 10.6 Å². The molecule has 21 heavy (non-hydrogen) atoms. The van der Waals surface area contributed by atoms with Gasteiger partial charge in [0.05, 0.1) is 12.5 Å². The molecule has 2 saturated carbocycles. The minimum absolute atomic E-state index is 0.0484. The lowest BCUT2D eigenvalue weighted by Gasteiger charge is -2.46. The van der Waals surface area contributed by atoms with Crippen molar-refractivity contribution in [1.29, 1.82) is 0 Å². The third kappa shape index (κ3) is 3.96. The van der Waals surface area contributed by atoms with Gasteiger partial charge in [-0.2, -0.15) is 0 Å². The minimum Gasteiger partial charge on any atom is -0.481 e. The third-order valence-electron chi connectivity index (χ3n) is 5.55. The van der Waals surface area contributed by atoms with Crippen molar-refractivity contribution in [3.63, 3.8) is 0 Å². The highest BCUT2D eigenvalue weighted by molar-refractivity contribution is 5.78. The van der Waals surface area contributed by atoms with Crippen LogP contribution >= 0.6 is 0 Å². The molecule has 2 aliphatic carbocycles. The van der Waals surface area contributed by atoms with Gasteiger partial charge in [0.15, 0.2) is 0 Å². The van der Waals surface area contributed by atoms with Crippen LogP contribution in [0, 0.1) is 23.2 Å². The standard InChI is InChI=1S/C16H28N2O3/c1-10-13(7-6-12(15(20)21)16(10,2)3)17-9-14(19)18-8-11-4-5-11/h10-13,17H,4-9H2,1-3H3,(H,18,19)(H,20,21). The van der Waals surface area contributed by atoms with Gasteiger partial charge in [0.2, 0.25) is 5.91 Å². The topological polar surface area (TPSA) is 78.4 Å². The Kier molecular flexibility index (Phi) is 4.91. The number of carboxylic acid groups (broad SMARTS) is 1. The van der Waals surface area contributed by atoms with Gasteiger partial charge in [0, 0.05) is 12.6 Å². The zero-order valence-corrected chi connectivity index (χ0v) is 13.3. The highest BCUT2D eigenvalue weighted by atomic mass is 16.4. The SMILES string of the molecule is CC1C(NCC(=O)NCC2CC2)CCC(C(=O)O)C1(C)C. The Morgan fingerprint density at radius 3 is 2.43 bits per heavy atom. The summed E-state index contributed by atoms with van der Waals surface area (Å²) in [5, 5.41) is 15.6. The average molecular weight is 296 g/mol. The van der Waals surface area contributed by atoms with Crippen LogP contribution in [-0.4, -0.2) is 36.1 Å². The average Bonchev–Trinajstić information content (AvgIpc) is 3.21. The number of aliphatic carboxylic acids is 1. The van der Waals surface area contributed by atoms with E-state index in [0.29, 0.717) is 18.9 Å². The molecule has 0 heterocycles. The molecule has 0 bridgehead atoms. The van der Waals surface area contributed by atoms with Crippen LogP contribution in [0.3, 0.4) is 0 Å². The van der Waals surface area contributed by atoms with E-state index in [1.54, 1.807) is 0 Å². The summed E-state index contributed by atoms with van der Waals surface area (Å²) < 4.78 is 0. The summed E-state index contributed by atoms with van der Waals surface area (Å²) in [5.74, 6) is -0.0321. The predicted molar refractivity (Wildman–Crippen MR) is 80.8 cm³/mol. The van der Waals surface area contributed by atoms with Gasteiger partial charge in [0.25, 0.3) is 0 Å². The summed E-state index contributed by atoms with van der Waals surface area (Å²) in [5.41, 5.74) is -0.258. The Hall–Kier alpha value is -1.10. The van der Waals surface area contributed by atoms with Gasteiger partial charge in [-0.3, -0.25) is 9.59 Å². The number of nitrogens with one attached hydrogen (secondary N) is 2. The second kappa shape index (κ2) is 6.34. The number of amides is 1. The molecule has 2 fully saturated rings. The summed E-state index contributed by atoms with van der Waals surface area (Å²) in [4.78, 5) is 23.1. The molecule has 0 radical (unpaired) electrons. The molecule has 3 N–H and O–H groups in total. The summed E-state index contributed by atoms with van der Waals surface area (Å²) in [6.07, 6.45) is 3.96. The van der Waals surface area contributed by atoms with Crippen molar-refractivity contribution in [3.05, 3.63) is 0 Å². The van der Waals surface area contributed by atoms with E-state index in [4.69, 9.17) is 0 Å². The molecule has 0 aliphatic heterocycles. The largest absolute Gasteiger partial charge is 0.481 e. The van der Waals surface area contributed by atoms with Gasteiger partial charge in [-0.1, -0.05) is 20.8 Å². The number of carbonyl (C=O) groups excluding carboxylic acids is 1. The molecule has 3 unspecified atom stereocenters. The van der Waals surface area contributed by atoms with Gasteiger partial charge in [-0.15, -0.1) is 0 Å². The molecule has 5 nitrogen and oxygen atoms in total. The van der Waals surface area contributed by atoms with Crippen LogP contribution in [-0.2, 0) is 9.59 Å². The maximum atomic E-state index is 11.8. The highest BCUT2D eigenvalue weighted by Gasteiger charge is 2.46. The Morgan fingerprint density at radius 1 is 1.19 bits per heavy atom. The van der Waals surface area contributed by atoms with Crippen LogP contribution in [0.15, 0.2) is 0 Å². The number of carboxylic acids is 1. The molecule has 1 amide bonds. The minimum atomic E-state index is -0.701. The van der Waals surface area contributed by atoms with E-state index in [2.05, 4.69) is 17.6 Å². The molecular formula is C16H28N2O3. The molecule has 2 rings (SSSR count). The van der Waals surface area contributed by atoms with Crippen LogP contribution in [0.5, 0.6) is 0 Å². The summed E-state index contributed by atoms with van der Waals surface area (Å²) >= 11 is 0. The number of hydrogen-bond donors (Lipinski definition) is 3. The number of rotatable bonds is 6. The maximum absolute atomic E-state index is 11.8. The maximum Gasteiger partial charge on any atom is 0.307 e.